The highest BCUT2D eigenvalue weighted by atomic mass is 127. The number of hydrogen-bond acceptors (Lipinski definition) is 7. The Morgan fingerprint density at radius 3 is 2.79 bits per heavy atom. The normalized spacial score (nSPS) is 11.9. The predicted molar refractivity (Wildman–Crippen MR) is 133 cm³/mol. The number of fused-ring (bicyclic) bond motifs is 1. The van der Waals surface area contributed by atoms with Gasteiger partial charge in [0.05, 0.1) is 19.1 Å². The van der Waals surface area contributed by atoms with Crippen molar-refractivity contribution in [2.24, 2.45) is 0 Å². The molecule has 1 unspecified atom stereocenters. The van der Waals surface area contributed by atoms with Gasteiger partial charge in [-0.1, -0.05) is 29.8 Å². The molecular formula is C24H21IN4O4. The molecule has 168 valence electrons. The second-order valence-electron chi connectivity index (χ2n) is 7.44. The minimum Gasteiger partial charge on any atom is -0.496 e. The lowest BCUT2D eigenvalue weighted by molar-refractivity contribution is -0.108. The van der Waals surface area contributed by atoms with Gasteiger partial charge in [0.1, 0.15) is 30.1 Å². The van der Waals surface area contributed by atoms with Crippen LogP contribution in [0.5, 0.6) is 5.75 Å². The third kappa shape index (κ3) is 4.46. The summed E-state index contributed by atoms with van der Waals surface area (Å²) in [6, 6.07) is 12.7. The molecule has 0 amide bonds. The molecule has 0 aliphatic rings. The zero-order valence-corrected chi connectivity index (χ0v) is 20.1. The fourth-order valence-corrected chi connectivity index (χ4v) is 4.47. The highest BCUT2D eigenvalue weighted by Crippen LogP contribution is 2.32. The lowest BCUT2D eigenvalue weighted by Crippen LogP contribution is -2.21. The average molecular weight is 556 g/mol. The van der Waals surface area contributed by atoms with Crippen LogP contribution in [0.1, 0.15) is 27.4 Å². The van der Waals surface area contributed by atoms with E-state index in [1.807, 2.05) is 25.1 Å². The molecule has 0 aliphatic carbocycles. The second-order valence-corrected chi connectivity index (χ2v) is 8.61. The molecule has 9 heteroatoms. The summed E-state index contributed by atoms with van der Waals surface area (Å²) in [5.74, 6) is -0.252. The molecule has 4 rings (SSSR count). The number of carbonyl (C=O) groups is 2. The number of benzene rings is 2. The molecule has 33 heavy (non-hydrogen) atoms. The first-order chi connectivity index (χ1) is 16.0. The zero-order chi connectivity index (χ0) is 23.5. The molecule has 0 fully saturated rings. The Balaban J connectivity index is 1.74. The first-order valence-electron chi connectivity index (χ1n) is 10.1. The van der Waals surface area contributed by atoms with Gasteiger partial charge in [-0.25, -0.2) is 9.97 Å². The van der Waals surface area contributed by atoms with Crippen LogP contribution in [-0.4, -0.2) is 38.9 Å². The topological polar surface area (TPSA) is 106 Å². The maximum atomic E-state index is 13.3. The molecule has 2 aromatic heterocycles. The number of aromatic nitrogens is 3. The molecule has 0 radical (unpaired) electrons. The number of nitrogens with zero attached hydrogens (tertiary/aromatic N) is 3. The predicted octanol–water partition coefficient (Wildman–Crippen LogP) is 4.21. The van der Waals surface area contributed by atoms with Crippen molar-refractivity contribution in [3.05, 3.63) is 75.2 Å². The zero-order valence-electron chi connectivity index (χ0n) is 17.9. The number of nitrogens with one attached hydrogen (secondary N) is 1. The number of anilines is 2. The molecule has 8 nitrogen and oxygen atoms in total. The molecule has 0 saturated carbocycles. The van der Waals surface area contributed by atoms with Gasteiger partial charge in [-0.15, -0.1) is 0 Å². The summed E-state index contributed by atoms with van der Waals surface area (Å²) < 4.78 is 7.41. The van der Waals surface area contributed by atoms with E-state index in [2.05, 4.69) is 37.9 Å². The van der Waals surface area contributed by atoms with E-state index in [1.165, 1.54) is 10.9 Å². The Morgan fingerprint density at radius 2 is 2.09 bits per heavy atom. The van der Waals surface area contributed by atoms with E-state index in [0.717, 1.165) is 9.13 Å². The van der Waals surface area contributed by atoms with Crippen molar-refractivity contribution in [1.82, 2.24) is 14.5 Å². The van der Waals surface area contributed by atoms with E-state index in [0.29, 0.717) is 45.7 Å². The van der Waals surface area contributed by atoms with Crippen LogP contribution < -0.4 is 10.1 Å². The molecule has 2 aromatic carbocycles. The van der Waals surface area contributed by atoms with Crippen molar-refractivity contribution in [1.29, 1.82) is 0 Å². The number of hydrogen-bond donors (Lipinski definition) is 2. The van der Waals surface area contributed by atoms with Crippen molar-refractivity contribution in [2.75, 3.05) is 12.4 Å². The molecule has 1 atom stereocenters. The Hall–Kier alpha value is -3.31. The quantitative estimate of drug-likeness (QED) is 0.200. The van der Waals surface area contributed by atoms with E-state index in [9.17, 15) is 14.7 Å². The number of ether oxygens (including phenoxy) is 1. The number of methoxy groups -OCH3 is 1. The molecule has 4 aromatic rings. The van der Waals surface area contributed by atoms with Crippen LogP contribution in [0.2, 0.25) is 0 Å². The fourth-order valence-electron chi connectivity index (χ4n) is 3.69. The molecule has 2 N–H and O–H groups in total. The van der Waals surface area contributed by atoms with Gasteiger partial charge in [0.2, 0.25) is 5.91 Å². The average Bonchev–Trinajstić information content (AvgIpc) is 3.17. The molecule has 0 saturated heterocycles. The lowest BCUT2D eigenvalue weighted by atomic mass is 9.98. The summed E-state index contributed by atoms with van der Waals surface area (Å²) in [5, 5.41) is 13.5. The monoisotopic (exact) mass is 556 g/mol. The third-order valence-corrected chi connectivity index (χ3v) is 6.11. The Labute approximate surface area is 203 Å². The smallest absolute Gasteiger partial charge is 0.247 e. The number of aliphatic hydroxyl groups is 1. The largest absolute Gasteiger partial charge is 0.496 e. The summed E-state index contributed by atoms with van der Waals surface area (Å²) >= 11 is 2.12. The summed E-state index contributed by atoms with van der Waals surface area (Å²) in [6.07, 6.45) is 3.68. The van der Waals surface area contributed by atoms with E-state index in [4.69, 9.17) is 4.74 Å². The Morgan fingerprint density at radius 1 is 1.27 bits per heavy atom. The van der Waals surface area contributed by atoms with Gasteiger partial charge < -0.3 is 20.0 Å². The van der Waals surface area contributed by atoms with Crippen LogP contribution in [-0.2, 0) is 11.4 Å². The molecule has 0 aliphatic heterocycles. The van der Waals surface area contributed by atoms with Gasteiger partial charge in [0.15, 0.2) is 5.65 Å². The van der Waals surface area contributed by atoms with Crippen LogP contribution in [0, 0.1) is 10.5 Å². The fraction of sp³-hybridized carbons (Fsp3) is 0.167. The van der Waals surface area contributed by atoms with Crippen molar-refractivity contribution >= 4 is 57.3 Å². The number of rotatable bonds is 7. The van der Waals surface area contributed by atoms with Crippen molar-refractivity contribution < 1.29 is 19.4 Å². The minimum absolute atomic E-state index is 0.174. The standard InChI is InChI=1S/C24H21IN4O4/c1-14-4-3-5-15(8-14)18(12-31)24(32)29-10-19(25)21-22(26-13-27-23(21)29)28-17-6-7-20(33-2)16(9-17)11-30/h3-10,12-13,18,30H,11H2,1-2H3,(H,26,27,28). The summed E-state index contributed by atoms with van der Waals surface area (Å²) in [5.41, 5.74) is 3.32. The van der Waals surface area contributed by atoms with Crippen LogP contribution in [0.25, 0.3) is 11.0 Å². The van der Waals surface area contributed by atoms with Crippen LogP contribution in [0.3, 0.4) is 0 Å². The van der Waals surface area contributed by atoms with Crippen LogP contribution in [0.4, 0.5) is 11.5 Å². The highest BCUT2D eigenvalue weighted by Gasteiger charge is 2.25. The van der Waals surface area contributed by atoms with Crippen molar-refractivity contribution in [2.45, 2.75) is 19.4 Å². The molecular weight excluding hydrogens is 535 g/mol. The first-order valence-corrected chi connectivity index (χ1v) is 11.2. The number of aliphatic hydroxyl groups excluding tert-OH is 1. The van der Waals surface area contributed by atoms with Crippen LogP contribution >= 0.6 is 22.6 Å². The number of aryl methyl sites for hydroxylation is 1. The summed E-state index contributed by atoms with van der Waals surface area (Å²) in [6.45, 7) is 1.74. The van der Waals surface area contributed by atoms with Gasteiger partial charge in [0.25, 0.3) is 0 Å². The second kappa shape index (κ2) is 9.67. The SMILES string of the molecule is COc1ccc(Nc2ncnc3c2c(I)cn3C(=O)C(C=O)c2cccc(C)c2)cc1CO. The van der Waals surface area contributed by atoms with Crippen molar-refractivity contribution in [3.8, 4) is 5.75 Å². The molecule has 0 bridgehead atoms. The molecule has 2 heterocycles. The summed E-state index contributed by atoms with van der Waals surface area (Å²) in [4.78, 5) is 33.9. The van der Waals surface area contributed by atoms with Crippen molar-refractivity contribution in [3.63, 3.8) is 0 Å². The van der Waals surface area contributed by atoms with Gasteiger partial charge >= 0.3 is 0 Å². The number of aldehydes is 1. The van der Waals surface area contributed by atoms with E-state index in [-0.39, 0.29) is 12.5 Å². The molecule has 0 spiro atoms. The van der Waals surface area contributed by atoms with Gasteiger partial charge in [-0.2, -0.15) is 0 Å². The van der Waals surface area contributed by atoms with E-state index < -0.39 is 5.92 Å². The van der Waals surface area contributed by atoms with Gasteiger partial charge in [-0.05, 0) is 53.3 Å². The third-order valence-electron chi connectivity index (χ3n) is 5.29. The van der Waals surface area contributed by atoms with E-state index >= 15 is 0 Å². The van der Waals surface area contributed by atoms with Crippen LogP contribution in [0.15, 0.2) is 55.0 Å². The maximum absolute atomic E-state index is 13.3. The number of halogens is 1. The number of carbonyl (C=O) groups excluding carboxylic acids is 2. The Bertz CT molecular complexity index is 1350. The maximum Gasteiger partial charge on any atom is 0.247 e. The minimum atomic E-state index is -0.948. The first kappa shape index (κ1) is 22.9. The van der Waals surface area contributed by atoms with Gasteiger partial charge in [0, 0.05) is 21.0 Å². The van der Waals surface area contributed by atoms with E-state index in [1.54, 1.807) is 37.6 Å². The summed E-state index contributed by atoms with van der Waals surface area (Å²) in [7, 11) is 1.54. The Kier molecular flexibility index (Phi) is 6.70. The van der Waals surface area contributed by atoms with Gasteiger partial charge in [-0.3, -0.25) is 9.36 Å². The highest BCUT2D eigenvalue weighted by molar-refractivity contribution is 14.1. The lowest BCUT2D eigenvalue weighted by Gasteiger charge is -2.13.